The quantitative estimate of drug-likeness (QED) is 0.646. The van der Waals surface area contributed by atoms with Crippen LogP contribution in [-0.4, -0.2) is 36.9 Å². The molecule has 2 rings (SSSR count). The van der Waals surface area contributed by atoms with Gasteiger partial charge >= 0.3 is 5.97 Å². The Kier molecular flexibility index (Phi) is 7.05. The van der Waals surface area contributed by atoms with Crippen molar-refractivity contribution in [3.05, 3.63) is 59.7 Å². The standard InChI is InChI=1S/C18H20N2O6S2/c1-12(17(21)20-15-7-4-8-16(10-15)28(19,24)25)26-18(22)14-6-3-5-13(9-14)11-27(2)23/h3-10,12H,11H2,1-2H3,(H,20,21)(H2,19,24,25). The van der Waals surface area contributed by atoms with E-state index in [1.54, 1.807) is 24.5 Å². The molecule has 0 aliphatic carbocycles. The lowest BCUT2D eigenvalue weighted by Crippen LogP contribution is -2.30. The van der Waals surface area contributed by atoms with Gasteiger partial charge in [-0.2, -0.15) is 0 Å². The number of carbonyl (C=O) groups excluding carboxylic acids is 2. The van der Waals surface area contributed by atoms with Crippen LogP contribution in [0.5, 0.6) is 0 Å². The summed E-state index contributed by atoms with van der Waals surface area (Å²) in [6, 6.07) is 11.9. The minimum absolute atomic E-state index is 0.153. The van der Waals surface area contributed by atoms with E-state index >= 15 is 0 Å². The number of benzene rings is 2. The highest BCUT2D eigenvalue weighted by Crippen LogP contribution is 2.15. The molecule has 10 heteroatoms. The predicted octanol–water partition coefficient (Wildman–Crippen LogP) is 1.40. The topological polar surface area (TPSA) is 133 Å². The van der Waals surface area contributed by atoms with E-state index in [-0.39, 0.29) is 16.1 Å². The Morgan fingerprint density at radius 3 is 2.50 bits per heavy atom. The molecule has 0 radical (unpaired) electrons. The van der Waals surface area contributed by atoms with Gasteiger partial charge in [-0.3, -0.25) is 9.00 Å². The molecule has 28 heavy (non-hydrogen) atoms. The van der Waals surface area contributed by atoms with Crippen LogP contribution in [0, 0.1) is 0 Å². The Hall–Kier alpha value is -2.56. The zero-order chi connectivity index (χ0) is 20.9. The number of rotatable bonds is 7. The van der Waals surface area contributed by atoms with Crippen LogP contribution in [0.25, 0.3) is 0 Å². The smallest absolute Gasteiger partial charge is 0.338 e. The third-order valence-corrected chi connectivity index (χ3v) is 5.27. The van der Waals surface area contributed by atoms with Crippen LogP contribution in [0.15, 0.2) is 53.4 Å². The van der Waals surface area contributed by atoms with E-state index in [2.05, 4.69) is 5.32 Å². The normalized spacial score (nSPS) is 13.4. The molecule has 0 aliphatic heterocycles. The lowest BCUT2D eigenvalue weighted by molar-refractivity contribution is -0.123. The summed E-state index contributed by atoms with van der Waals surface area (Å²) in [5.41, 5.74) is 1.15. The number of sulfonamides is 1. The van der Waals surface area contributed by atoms with Crippen LogP contribution in [0.3, 0.4) is 0 Å². The van der Waals surface area contributed by atoms with Gasteiger partial charge in [0.1, 0.15) is 0 Å². The number of nitrogens with one attached hydrogen (secondary N) is 1. The van der Waals surface area contributed by atoms with Gasteiger partial charge in [0.05, 0.1) is 10.5 Å². The largest absolute Gasteiger partial charge is 0.449 e. The van der Waals surface area contributed by atoms with Gasteiger partial charge in [0, 0.05) is 28.5 Å². The van der Waals surface area contributed by atoms with Crippen molar-refractivity contribution in [2.75, 3.05) is 11.6 Å². The molecule has 3 N–H and O–H groups in total. The maximum Gasteiger partial charge on any atom is 0.338 e. The van der Waals surface area contributed by atoms with Gasteiger partial charge in [0.25, 0.3) is 5.91 Å². The molecule has 0 bridgehead atoms. The fourth-order valence-electron chi connectivity index (χ4n) is 2.30. The Labute approximate surface area is 165 Å². The number of hydrogen-bond donors (Lipinski definition) is 2. The van der Waals surface area contributed by atoms with Crippen LogP contribution < -0.4 is 10.5 Å². The van der Waals surface area contributed by atoms with Gasteiger partial charge in [-0.05, 0) is 42.8 Å². The van der Waals surface area contributed by atoms with Crippen molar-refractivity contribution in [2.45, 2.75) is 23.7 Å². The average Bonchev–Trinajstić information content (AvgIpc) is 2.60. The Morgan fingerprint density at radius 2 is 1.86 bits per heavy atom. The van der Waals surface area contributed by atoms with Gasteiger partial charge < -0.3 is 10.1 Å². The van der Waals surface area contributed by atoms with Crippen molar-refractivity contribution < 1.29 is 27.0 Å². The van der Waals surface area contributed by atoms with Crippen LogP contribution in [0.1, 0.15) is 22.8 Å². The molecule has 2 aromatic rings. The fraction of sp³-hybridized carbons (Fsp3) is 0.222. The second kappa shape index (κ2) is 9.09. The number of nitrogens with two attached hydrogens (primary N) is 1. The molecule has 150 valence electrons. The summed E-state index contributed by atoms with van der Waals surface area (Å²) in [5.74, 6) is -1.03. The van der Waals surface area contributed by atoms with E-state index in [1.165, 1.54) is 37.3 Å². The van der Waals surface area contributed by atoms with E-state index in [4.69, 9.17) is 9.88 Å². The molecule has 2 atom stereocenters. The summed E-state index contributed by atoms with van der Waals surface area (Å²) in [6.07, 6.45) is 0.428. The van der Waals surface area contributed by atoms with Crippen molar-refractivity contribution in [3.8, 4) is 0 Å². The summed E-state index contributed by atoms with van der Waals surface area (Å²) in [7, 11) is -4.96. The molecule has 0 fully saturated rings. The molecule has 2 aromatic carbocycles. The molecular formula is C18H20N2O6S2. The Morgan fingerprint density at radius 1 is 1.18 bits per heavy atom. The first kappa shape index (κ1) is 21.7. The van der Waals surface area contributed by atoms with E-state index in [9.17, 15) is 22.2 Å². The highest BCUT2D eigenvalue weighted by Gasteiger charge is 2.20. The highest BCUT2D eigenvalue weighted by atomic mass is 32.2. The predicted molar refractivity (Wildman–Crippen MR) is 106 cm³/mol. The van der Waals surface area contributed by atoms with Gasteiger partial charge in [-0.1, -0.05) is 18.2 Å². The van der Waals surface area contributed by atoms with Crippen molar-refractivity contribution in [3.63, 3.8) is 0 Å². The number of esters is 1. The third kappa shape index (κ3) is 6.25. The molecule has 1 amide bonds. The molecule has 0 saturated heterocycles. The second-order valence-electron chi connectivity index (χ2n) is 6.03. The number of hydrogen-bond acceptors (Lipinski definition) is 6. The Bertz CT molecular complexity index is 1020. The van der Waals surface area contributed by atoms with Crippen molar-refractivity contribution >= 4 is 38.4 Å². The minimum atomic E-state index is -3.91. The van der Waals surface area contributed by atoms with Crippen LogP contribution in [0.4, 0.5) is 5.69 Å². The average molecular weight is 425 g/mol. The first-order valence-corrected chi connectivity index (χ1v) is 11.4. The number of anilines is 1. The summed E-state index contributed by atoms with van der Waals surface area (Å²) < 4.78 is 39.2. The molecule has 0 aromatic heterocycles. The summed E-state index contributed by atoms with van der Waals surface area (Å²) >= 11 is 0. The fourth-order valence-corrected chi connectivity index (χ4v) is 3.51. The molecule has 0 aliphatic rings. The molecule has 0 saturated carbocycles. The second-order valence-corrected chi connectivity index (χ2v) is 9.02. The number of ether oxygens (including phenoxy) is 1. The first-order valence-electron chi connectivity index (χ1n) is 8.10. The molecule has 2 unspecified atom stereocenters. The van der Waals surface area contributed by atoms with Crippen molar-refractivity contribution in [2.24, 2.45) is 5.14 Å². The monoisotopic (exact) mass is 424 g/mol. The third-order valence-electron chi connectivity index (χ3n) is 3.62. The maximum absolute atomic E-state index is 12.3. The maximum atomic E-state index is 12.3. The van der Waals surface area contributed by atoms with E-state index in [0.29, 0.717) is 11.3 Å². The van der Waals surface area contributed by atoms with Gasteiger partial charge in [-0.15, -0.1) is 0 Å². The molecular weight excluding hydrogens is 404 g/mol. The lowest BCUT2D eigenvalue weighted by atomic mass is 10.1. The summed E-state index contributed by atoms with van der Waals surface area (Å²) in [4.78, 5) is 24.4. The van der Waals surface area contributed by atoms with Crippen LogP contribution >= 0.6 is 0 Å². The van der Waals surface area contributed by atoms with Gasteiger partial charge in [0.2, 0.25) is 10.0 Å². The van der Waals surface area contributed by atoms with Crippen molar-refractivity contribution in [1.29, 1.82) is 0 Å². The lowest BCUT2D eigenvalue weighted by Gasteiger charge is -2.14. The summed E-state index contributed by atoms with van der Waals surface area (Å²) in [5, 5.41) is 7.53. The molecule has 0 heterocycles. The van der Waals surface area contributed by atoms with Crippen LogP contribution in [0.2, 0.25) is 0 Å². The number of carbonyl (C=O) groups is 2. The molecule has 8 nitrogen and oxygen atoms in total. The van der Waals surface area contributed by atoms with E-state index in [0.717, 1.165) is 0 Å². The summed E-state index contributed by atoms with van der Waals surface area (Å²) in [6.45, 7) is 1.39. The number of amides is 1. The molecule has 0 spiro atoms. The number of primary sulfonamides is 1. The zero-order valence-corrected chi connectivity index (χ0v) is 16.9. The van der Waals surface area contributed by atoms with Crippen molar-refractivity contribution in [1.82, 2.24) is 0 Å². The minimum Gasteiger partial charge on any atom is -0.449 e. The van der Waals surface area contributed by atoms with Crippen LogP contribution in [-0.2, 0) is 36.1 Å². The highest BCUT2D eigenvalue weighted by molar-refractivity contribution is 7.89. The van der Waals surface area contributed by atoms with Gasteiger partial charge in [0.15, 0.2) is 6.10 Å². The zero-order valence-electron chi connectivity index (χ0n) is 15.2. The van der Waals surface area contributed by atoms with Gasteiger partial charge in [-0.25, -0.2) is 18.4 Å². The van der Waals surface area contributed by atoms with E-state index < -0.39 is 38.8 Å². The SMILES string of the molecule is CC(OC(=O)c1cccc(CS(C)=O)c1)C(=O)Nc1cccc(S(N)(=O)=O)c1. The Balaban J connectivity index is 2.04. The van der Waals surface area contributed by atoms with E-state index in [1.807, 2.05) is 0 Å². The first-order chi connectivity index (χ1) is 13.1.